The summed E-state index contributed by atoms with van der Waals surface area (Å²) in [7, 11) is 1.52. The highest BCUT2D eigenvalue weighted by molar-refractivity contribution is 7.47. The lowest BCUT2D eigenvalue weighted by Crippen LogP contribution is -2.47. The topological polar surface area (TPSA) is 111 Å². The number of quaternary nitrogens is 1. The van der Waals surface area contributed by atoms with Crippen LogP contribution in [0.25, 0.3) is 0 Å². The molecule has 1 amide bonds. The minimum absolute atomic E-state index is 0.0440. The third-order valence-corrected chi connectivity index (χ3v) is 19.8. The standard InChI is InChI=1S/C82H159N2O7P/c1-7-10-13-16-19-22-25-28-30-32-34-36-38-40-42-44-46-48-50-52-54-56-59-62-65-68-71-74-81(85)83-79(78-90-92(87,88)89-77-76-84(4,5)6)80(73-70-67-64-61-58-27-24-21-18-15-12-9-3)91-82(86)75-72-69-66-63-60-57-55-53-51-49-47-45-43-41-39-37-35-33-31-29-26-23-20-17-14-11-8-2/h28-31,70,73,79-80H,7-27,32-69,71-72,74-78H2,1-6H3,(H-,83,85,87,88)/p+1/b30-28+,31-29+,73-70+. The van der Waals surface area contributed by atoms with E-state index < -0.39 is 20.0 Å². The Bertz CT molecular complexity index is 1660. The van der Waals surface area contributed by atoms with Gasteiger partial charge in [-0.1, -0.05) is 366 Å². The lowest BCUT2D eigenvalue weighted by atomic mass is 10.0. The van der Waals surface area contributed by atoms with Crippen LogP contribution in [-0.4, -0.2) is 74.3 Å². The zero-order valence-electron chi connectivity index (χ0n) is 62.6. The molecule has 0 spiro atoms. The molecule has 92 heavy (non-hydrogen) atoms. The van der Waals surface area contributed by atoms with Crippen molar-refractivity contribution in [3.63, 3.8) is 0 Å². The normalized spacial score (nSPS) is 13.5. The number of phosphoric ester groups is 1. The van der Waals surface area contributed by atoms with Crippen molar-refractivity contribution in [2.75, 3.05) is 40.9 Å². The fraction of sp³-hybridized carbons (Fsp3) is 0.902. The Morgan fingerprint density at radius 3 is 0.924 bits per heavy atom. The van der Waals surface area contributed by atoms with Crippen LogP contribution >= 0.6 is 7.82 Å². The van der Waals surface area contributed by atoms with Crippen LogP contribution in [0.2, 0.25) is 0 Å². The van der Waals surface area contributed by atoms with Crippen molar-refractivity contribution in [2.45, 2.75) is 437 Å². The summed E-state index contributed by atoms with van der Waals surface area (Å²) in [6, 6.07) is -0.846. The third kappa shape index (κ3) is 72.5. The fourth-order valence-corrected chi connectivity index (χ4v) is 13.3. The minimum atomic E-state index is -4.46. The highest BCUT2D eigenvalue weighted by Crippen LogP contribution is 2.43. The van der Waals surface area contributed by atoms with E-state index in [0.29, 0.717) is 23.9 Å². The average molecular weight is 1320 g/mol. The first-order valence-corrected chi connectivity index (χ1v) is 42.3. The predicted octanol–water partition coefficient (Wildman–Crippen LogP) is 26.5. The number of carbonyl (C=O) groups excluding carboxylic acids is 2. The quantitative estimate of drug-likeness (QED) is 0.0205. The molecule has 0 fully saturated rings. The van der Waals surface area contributed by atoms with Gasteiger partial charge in [0.25, 0.3) is 0 Å². The maximum Gasteiger partial charge on any atom is 0.472 e. The molecule has 0 saturated carbocycles. The van der Waals surface area contributed by atoms with Crippen LogP contribution in [0.15, 0.2) is 36.5 Å². The van der Waals surface area contributed by atoms with Gasteiger partial charge in [-0.3, -0.25) is 18.6 Å². The second-order valence-corrected chi connectivity index (χ2v) is 30.7. The number of amides is 1. The van der Waals surface area contributed by atoms with Crippen molar-refractivity contribution < 1.29 is 37.3 Å². The molecule has 0 rings (SSSR count). The molecule has 544 valence electrons. The Balaban J connectivity index is 4.85. The van der Waals surface area contributed by atoms with E-state index in [4.69, 9.17) is 13.8 Å². The van der Waals surface area contributed by atoms with Crippen LogP contribution in [0.1, 0.15) is 425 Å². The first kappa shape index (κ1) is 90.2. The van der Waals surface area contributed by atoms with E-state index in [9.17, 15) is 19.0 Å². The van der Waals surface area contributed by atoms with Crippen LogP contribution in [0.5, 0.6) is 0 Å². The molecule has 9 nitrogen and oxygen atoms in total. The van der Waals surface area contributed by atoms with Crippen LogP contribution in [0.4, 0.5) is 0 Å². The summed E-state index contributed by atoms with van der Waals surface area (Å²) in [6.07, 6.45) is 91.9. The number of phosphoric acid groups is 1. The maximum atomic E-state index is 13.7. The number of ether oxygens (including phenoxy) is 1. The fourth-order valence-electron chi connectivity index (χ4n) is 12.5. The molecule has 0 aromatic rings. The third-order valence-electron chi connectivity index (χ3n) is 18.8. The highest BCUT2D eigenvalue weighted by atomic mass is 31.2. The van der Waals surface area contributed by atoms with E-state index in [1.807, 2.05) is 27.2 Å². The van der Waals surface area contributed by atoms with Crippen LogP contribution < -0.4 is 5.32 Å². The summed E-state index contributed by atoms with van der Waals surface area (Å²) in [5.74, 6) is -0.478. The van der Waals surface area contributed by atoms with Crippen molar-refractivity contribution in [1.82, 2.24) is 5.32 Å². The van der Waals surface area contributed by atoms with Crippen LogP contribution in [0.3, 0.4) is 0 Å². The summed E-state index contributed by atoms with van der Waals surface area (Å²) >= 11 is 0. The second kappa shape index (κ2) is 72.0. The van der Waals surface area contributed by atoms with Gasteiger partial charge in [0.1, 0.15) is 19.3 Å². The van der Waals surface area contributed by atoms with E-state index in [-0.39, 0.29) is 25.1 Å². The molecule has 3 atom stereocenters. The molecule has 0 aliphatic carbocycles. The van der Waals surface area contributed by atoms with Gasteiger partial charge in [-0.25, -0.2) is 4.57 Å². The van der Waals surface area contributed by atoms with E-state index >= 15 is 0 Å². The predicted molar refractivity (Wildman–Crippen MR) is 402 cm³/mol. The number of hydrogen-bond acceptors (Lipinski definition) is 6. The summed E-state index contributed by atoms with van der Waals surface area (Å²) in [5.41, 5.74) is 0. The molecular weight excluding hydrogens is 1160 g/mol. The number of hydrogen-bond donors (Lipinski definition) is 2. The molecule has 0 saturated heterocycles. The van der Waals surface area contributed by atoms with Crippen LogP contribution in [0, 0.1) is 0 Å². The smallest absolute Gasteiger partial charge is 0.456 e. The van der Waals surface area contributed by atoms with Crippen molar-refractivity contribution in [3.05, 3.63) is 36.5 Å². The summed E-state index contributed by atoms with van der Waals surface area (Å²) in [5, 5.41) is 3.09. The number of unbranched alkanes of at least 4 members (excludes halogenated alkanes) is 56. The van der Waals surface area contributed by atoms with E-state index in [0.717, 1.165) is 57.8 Å². The van der Waals surface area contributed by atoms with Gasteiger partial charge in [0.05, 0.1) is 33.8 Å². The molecule has 0 heterocycles. The van der Waals surface area contributed by atoms with E-state index in [1.165, 1.54) is 334 Å². The summed E-state index contributed by atoms with van der Waals surface area (Å²) < 4.78 is 31.0. The Morgan fingerprint density at radius 2 is 0.630 bits per heavy atom. The maximum absolute atomic E-state index is 13.7. The number of esters is 1. The van der Waals surface area contributed by atoms with Crippen molar-refractivity contribution in [3.8, 4) is 0 Å². The highest BCUT2D eigenvalue weighted by Gasteiger charge is 2.30. The van der Waals surface area contributed by atoms with Crippen molar-refractivity contribution >= 4 is 19.7 Å². The zero-order chi connectivity index (χ0) is 67.0. The Labute approximate surface area is 574 Å². The van der Waals surface area contributed by atoms with E-state index in [1.54, 1.807) is 0 Å². The largest absolute Gasteiger partial charge is 0.472 e. The zero-order valence-corrected chi connectivity index (χ0v) is 63.5. The van der Waals surface area contributed by atoms with Gasteiger partial charge >= 0.3 is 13.8 Å². The molecular formula is C82H160N2O7P+. The van der Waals surface area contributed by atoms with E-state index in [2.05, 4.69) is 56.5 Å². The van der Waals surface area contributed by atoms with Crippen molar-refractivity contribution in [1.29, 1.82) is 0 Å². The Morgan fingerprint density at radius 1 is 0.370 bits per heavy atom. The molecule has 3 unspecified atom stereocenters. The van der Waals surface area contributed by atoms with Crippen LogP contribution in [-0.2, 0) is 27.9 Å². The summed E-state index contributed by atoms with van der Waals surface area (Å²) in [4.78, 5) is 38.1. The Hall–Kier alpha value is -1.77. The molecule has 0 aromatic carbocycles. The van der Waals surface area contributed by atoms with Gasteiger partial charge in [-0.05, 0) is 83.1 Å². The van der Waals surface area contributed by atoms with Gasteiger partial charge in [-0.15, -0.1) is 0 Å². The minimum Gasteiger partial charge on any atom is -0.456 e. The molecule has 0 aliphatic rings. The number of nitrogens with one attached hydrogen (secondary N) is 1. The first-order valence-electron chi connectivity index (χ1n) is 40.8. The van der Waals surface area contributed by atoms with Gasteiger partial charge in [0.15, 0.2) is 0 Å². The summed E-state index contributed by atoms with van der Waals surface area (Å²) in [6.45, 7) is 7.08. The van der Waals surface area contributed by atoms with Crippen molar-refractivity contribution in [2.24, 2.45) is 0 Å². The number of allylic oxidation sites excluding steroid dienone is 5. The molecule has 0 bridgehead atoms. The van der Waals surface area contributed by atoms with Gasteiger partial charge in [0.2, 0.25) is 5.91 Å². The lowest BCUT2D eigenvalue weighted by molar-refractivity contribution is -0.870. The lowest BCUT2D eigenvalue weighted by Gasteiger charge is -2.27. The number of carbonyl (C=O) groups is 2. The number of nitrogens with zero attached hydrogens (tertiary/aromatic N) is 1. The number of likely N-dealkylation sites (N-methyl/N-ethyl adjacent to an activating group) is 1. The van der Waals surface area contributed by atoms with Gasteiger partial charge in [0, 0.05) is 12.8 Å². The molecule has 10 heteroatoms. The van der Waals surface area contributed by atoms with Gasteiger partial charge < -0.3 is 19.4 Å². The molecule has 0 radical (unpaired) electrons. The monoisotopic (exact) mass is 1320 g/mol. The molecule has 0 aromatic heterocycles. The second-order valence-electron chi connectivity index (χ2n) is 29.3. The molecule has 2 N–H and O–H groups in total. The molecule has 0 aliphatic heterocycles. The first-order chi connectivity index (χ1) is 44.9. The average Bonchev–Trinajstić information content (AvgIpc) is 3.69. The Kier molecular flexibility index (Phi) is 70.6. The van der Waals surface area contributed by atoms with Gasteiger partial charge in [-0.2, -0.15) is 0 Å². The number of rotatable bonds is 76. The SMILES string of the molecule is CCCCCCCC/C=C/CCCCCCCCCCCCCCCCCCCC(=O)NC(COP(=O)(O)OCC[N+](C)(C)C)C(/C=C/CCCCCCCCCCCC)OC(=O)CCCCCCCCCCCCCCCCCCC/C=C/CCCCCCCC.